The van der Waals surface area contributed by atoms with Crippen LogP contribution >= 0.6 is 11.8 Å². The van der Waals surface area contributed by atoms with E-state index in [2.05, 4.69) is 10.6 Å². The molecule has 4 N–H and O–H groups in total. The molecule has 0 aromatic rings. The summed E-state index contributed by atoms with van der Waals surface area (Å²) >= 11 is 1.74. The fourth-order valence-electron chi connectivity index (χ4n) is 2.04. The number of rotatable bonds is 5. The summed E-state index contributed by atoms with van der Waals surface area (Å²) in [5.74, 6) is -1.34. The van der Waals surface area contributed by atoms with E-state index in [1.54, 1.807) is 11.8 Å². The summed E-state index contributed by atoms with van der Waals surface area (Å²) in [7, 11) is 0. The number of aliphatic carboxylic acids is 1. The summed E-state index contributed by atoms with van der Waals surface area (Å²) in [6.45, 7) is -0.280. The van der Waals surface area contributed by atoms with E-state index >= 15 is 0 Å². The van der Waals surface area contributed by atoms with Gasteiger partial charge in [0.1, 0.15) is 0 Å². The summed E-state index contributed by atoms with van der Waals surface area (Å²) in [4.78, 5) is 21.9. The SMILES string of the molecule is CSC1CCCCC1NC(=O)NCC(O)C(=O)O. The molecule has 0 heterocycles. The lowest BCUT2D eigenvalue weighted by Crippen LogP contribution is -2.49. The summed E-state index contributed by atoms with van der Waals surface area (Å²) in [5.41, 5.74) is 0. The van der Waals surface area contributed by atoms with Crippen LogP contribution in [0.25, 0.3) is 0 Å². The third-order valence-corrected chi connectivity index (χ3v) is 4.23. The van der Waals surface area contributed by atoms with Gasteiger partial charge in [0.2, 0.25) is 0 Å². The zero-order chi connectivity index (χ0) is 13.5. The lowest BCUT2D eigenvalue weighted by Gasteiger charge is -2.30. The molecular formula is C11H20N2O4S. The number of amides is 2. The van der Waals surface area contributed by atoms with E-state index in [0.29, 0.717) is 5.25 Å². The smallest absolute Gasteiger partial charge is 0.334 e. The Morgan fingerprint density at radius 2 is 2.06 bits per heavy atom. The van der Waals surface area contributed by atoms with Gasteiger partial charge in [0, 0.05) is 11.3 Å². The molecule has 0 spiro atoms. The molecule has 1 fully saturated rings. The van der Waals surface area contributed by atoms with Crippen molar-refractivity contribution in [3.05, 3.63) is 0 Å². The molecule has 1 aliphatic carbocycles. The number of aliphatic hydroxyl groups is 1. The second-order valence-electron chi connectivity index (χ2n) is 4.37. The summed E-state index contributed by atoms with van der Waals surface area (Å²) in [6.07, 6.45) is 4.78. The lowest BCUT2D eigenvalue weighted by molar-refractivity contribution is -0.146. The van der Waals surface area contributed by atoms with Gasteiger partial charge in [-0.2, -0.15) is 11.8 Å². The molecule has 1 aliphatic rings. The number of aliphatic hydroxyl groups excluding tert-OH is 1. The second-order valence-corrected chi connectivity index (χ2v) is 5.45. The van der Waals surface area contributed by atoms with Crippen molar-refractivity contribution in [1.82, 2.24) is 10.6 Å². The Labute approximate surface area is 111 Å². The van der Waals surface area contributed by atoms with E-state index in [0.717, 1.165) is 19.3 Å². The molecule has 0 bridgehead atoms. The van der Waals surface area contributed by atoms with Gasteiger partial charge in [0.25, 0.3) is 0 Å². The van der Waals surface area contributed by atoms with Crippen molar-refractivity contribution in [3.63, 3.8) is 0 Å². The van der Waals surface area contributed by atoms with E-state index in [-0.39, 0.29) is 12.6 Å². The van der Waals surface area contributed by atoms with Gasteiger partial charge in [-0.15, -0.1) is 0 Å². The van der Waals surface area contributed by atoms with Crippen molar-refractivity contribution in [2.45, 2.75) is 43.1 Å². The zero-order valence-electron chi connectivity index (χ0n) is 10.4. The Bertz CT molecular complexity index is 301. The number of hydrogen-bond donors (Lipinski definition) is 4. The molecular weight excluding hydrogens is 256 g/mol. The molecule has 0 aromatic heterocycles. The fraction of sp³-hybridized carbons (Fsp3) is 0.818. The van der Waals surface area contributed by atoms with Gasteiger partial charge < -0.3 is 20.8 Å². The van der Waals surface area contributed by atoms with Crippen LogP contribution in [0.3, 0.4) is 0 Å². The van der Waals surface area contributed by atoms with Crippen LogP contribution in [0.15, 0.2) is 0 Å². The van der Waals surface area contributed by atoms with E-state index in [1.165, 1.54) is 6.42 Å². The molecule has 3 atom stereocenters. The summed E-state index contributed by atoms with van der Waals surface area (Å²) in [5, 5.41) is 23.1. The second kappa shape index (κ2) is 7.48. The molecule has 0 aliphatic heterocycles. The predicted molar refractivity (Wildman–Crippen MR) is 69.7 cm³/mol. The van der Waals surface area contributed by atoms with Crippen LogP contribution in [0.1, 0.15) is 25.7 Å². The first-order valence-electron chi connectivity index (χ1n) is 6.02. The van der Waals surface area contributed by atoms with E-state index in [4.69, 9.17) is 10.2 Å². The minimum atomic E-state index is -1.56. The Morgan fingerprint density at radius 1 is 1.39 bits per heavy atom. The van der Waals surface area contributed by atoms with Crippen molar-refractivity contribution in [2.75, 3.05) is 12.8 Å². The van der Waals surface area contributed by atoms with E-state index in [1.807, 2.05) is 6.26 Å². The molecule has 3 unspecified atom stereocenters. The average Bonchev–Trinajstić information content (AvgIpc) is 2.36. The quantitative estimate of drug-likeness (QED) is 0.583. The van der Waals surface area contributed by atoms with Gasteiger partial charge in [0.05, 0.1) is 6.54 Å². The van der Waals surface area contributed by atoms with Crippen LogP contribution in [-0.4, -0.2) is 52.4 Å². The number of carbonyl (C=O) groups is 2. The standard InChI is InChI=1S/C11H20N2O4S/c1-18-9-5-3-2-4-7(9)13-11(17)12-6-8(14)10(15)16/h7-9,14H,2-6H2,1H3,(H,15,16)(H2,12,13,17). The van der Waals surface area contributed by atoms with Crippen LogP contribution in [0, 0.1) is 0 Å². The van der Waals surface area contributed by atoms with Crippen LogP contribution in [0.2, 0.25) is 0 Å². The number of thioether (sulfide) groups is 1. The van der Waals surface area contributed by atoms with Crippen LogP contribution < -0.4 is 10.6 Å². The van der Waals surface area contributed by atoms with Crippen molar-refractivity contribution in [2.24, 2.45) is 0 Å². The molecule has 104 valence electrons. The van der Waals surface area contributed by atoms with Gasteiger partial charge in [-0.3, -0.25) is 0 Å². The van der Waals surface area contributed by atoms with Crippen LogP contribution in [0.5, 0.6) is 0 Å². The highest BCUT2D eigenvalue weighted by molar-refractivity contribution is 7.99. The predicted octanol–water partition coefficient (Wildman–Crippen LogP) is 0.405. The zero-order valence-corrected chi connectivity index (χ0v) is 11.2. The molecule has 18 heavy (non-hydrogen) atoms. The maximum absolute atomic E-state index is 11.6. The Kier molecular flexibility index (Phi) is 6.28. The number of carboxylic acids is 1. The highest BCUT2D eigenvalue weighted by Crippen LogP contribution is 2.26. The van der Waals surface area contributed by atoms with Crippen molar-refractivity contribution in [3.8, 4) is 0 Å². The number of urea groups is 1. The summed E-state index contributed by atoms with van der Waals surface area (Å²) < 4.78 is 0. The van der Waals surface area contributed by atoms with Gasteiger partial charge in [0.15, 0.2) is 6.10 Å². The van der Waals surface area contributed by atoms with Crippen LogP contribution in [0.4, 0.5) is 4.79 Å². The number of hydrogen-bond acceptors (Lipinski definition) is 4. The monoisotopic (exact) mass is 276 g/mol. The molecule has 0 radical (unpaired) electrons. The minimum absolute atomic E-state index is 0.121. The van der Waals surface area contributed by atoms with Gasteiger partial charge in [-0.05, 0) is 19.1 Å². The van der Waals surface area contributed by atoms with Crippen molar-refractivity contribution in [1.29, 1.82) is 0 Å². The highest BCUT2D eigenvalue weighted by atomic mass is 32.2. The largest absolute Gasteiger partial charge is 0.479 e. The molecule has 7 heteroatoms. The highest BCUT2D eigenvalue weighted by Gasteiger charge is 2.25. The number of carboxylic acid groups (broad SMARTS) is 1. The van der Waals surface area contributed by atoms with Gasteiger partial charge in [-0.1, -0.05) is 12.8 Å². The van der Waals surface area contributed by atoms with E-state index in [9.17, 15) is 9.59 Å². The molecule has 0 aromatic carbocycles. The molecule has 6 nitrogen and oxygen atoms in total. The normalized spacial score (nSPS) is 25.2. The van der Waals surface area contributed by atoms with Crippen molar-refractivity contribution >= 4 is 23.8 Å². The lowest BCUT2D eigenvalue weighted by atomic mass is 9.95. The molecule has 2 amide bonds. The first-order valence-corrected chi connectivity index (χ1v) is 7.31. The topological polar surface area (TPSA) is 98.7 Å². The molecule has 0 saturated heterocycles. The fourth-order valence-corrected chi connectivity index (χ4v) is 2.98. The average molecular weight is 276 g/mol. The number of nitrogens with one attached hydrogen (secondary N) is 2. The van der Waals surface area contributed by atoms with Crippen molar-refractivity contribution < 1.29 is 19.8 Å². The first-order chi connectivity index (χ1) is 8.54. The third-order valence-electron chi connectivity index (χ3n) is 3.06. The molecule has 1 rings (SSSR count). The minimum Gasteiger partial charge on any atom is -0.479 e. The molecule has 1 saturated carbocycles. The van der Waals surface area contributed by atoms with Gasteiger partial charge >= 0.3 is 12.0 Å². The first kappa shape index (κ1) is 15.1. The number of carbonyl (C=O) groups excluding carboxylic acids is 1. The maximum Gasteiger partial charge on any atom is 0.334 e. The maximum atomic E-state index is 11.6. The van der Waals surface area contributed by atoms with Gasteiger partial charge in [-0.25, -0.2) is 9.59 Å². The Hall–Kier alpha value is -0.950. The van der Waals surface area contributed by atoms with E-state index < -0.39 is 18.1 Å². The van der Waals surface area contributed by atoms with Crippen LogP contribution in [-0.2, 0) is 4.79 Å². The Morgan fingerprint density at radius 3 is 2.67 bits per heavy atom. The summed E-state index contributed by atoms with van der Waals surface area (Å²) in [6, 6.07) is -0.294. The Balaban J connectivity index is 2.32. The third kappa shape index (κ3) is 4.73.